The summed E-state index contributed by atoms with van der Waals surface area (Å²) in [7, 11) is 0. The summed E-state index contributed by atoms with van der Waals surface area (Å²) in [4.78, 5) is 4.10. The number of rotatable bonds is 2. The van der Waals surface area contributed by atoms with Gasteiger partial charge in [-0.05, 0) is 23.4 Å². The maximum atomic E-state index is 6.16. The highest BCUT2D eigenvalue weighted by Gasteiger charge is 2.39. The maximum absolute atomic E-state index is 6.16. The van der Waals surface area contributed by atoms with Crippen molar-refractivity contribution in [3.05, 3.63) is 21.9 Å². The molecule has 2 aliphatic rings. The Bertz CT molecular complexity index is 406. The minimum Gasteiger partial charge on any atom is -0.379 e. The first-order valence-corrected chi connectivity index (χ1v) is 7.16. The van der Waals surface area contributed by atoms with Gasteiger partial charge in [-0.15, -0.1) is 11.3 Å². The third kappa shape index (κ3) is 2.15. The Labute approximate surface area is 107 Å². The first-order valence-electron chi connectivity index (χ1n) is 6.28. The van der Waals surface area contributed by atoms with Gasteiger partial charge in [0.05, 0.1) is 13.2 Å². The zero-order valence-electron chi connectivity index (χ0n) is 10.3. The van der Waals surface area contributed by atoms with Crippen molar-refractivity contribution in [1.29, 1.82) is 0 Å². The Morgan fingerprint density at radius 3 is 3.29 bits per heavy atom. The summed E-state index contributed by atoms with van der Waals surface area (Å²) in [6, 6.07) is 2.45. The lowest BCUT2D eigenvalue weighted by atomic mass is 9.85. The van der Waals surface area contributed by atoms with Crippen molar-refractivity contribution in [3.63, 3.8) is 0 Å². The molecule has 2 unspecified atom stereocenters. The van der Waals surface area contributed by atoms with Crippen LogP contribution in [0.5, 0.6) is 0 Å². The predicted octanol–water partition coefficient (Wildman–Crippen LogP) is 1.47. The lowest BCUT2D eigenvalue weighted by molar-refractivity contribution is 0.112. The number of ether oxygens (including phenoxy) is 1. The minimum absolute atomic E-state index is 0.132. The number of hydrogen-bond donors (Lipinski definition) is 1. The molecule has 1 aromatic rings. The Hall–Kier alpha value is -0.420. The number of hydrogen-bond acceptors (Lipinski definition) is 4. The van der Waals surface area contributed by atoms with Crippen molar-refractivity contribution in [2.24, 2.45) is 11.1 Å². The average Bonchev–Trinajstić information content (AvgIpc) is 2.87. The van der Waals surface area contributed by atoms with Gasteiger partial charge in [0, 0.05) is 36.0 Å². The molecule has 0 aromatic carbocycles. The van der Waals surface area contributed by atoms with Crippen molar-refractivity contribution in [3.8, 4) is 0 Å². The van der Waals surface area contributed by atoms with Gasteiger partial charge in [0.2, 0.25) is 0 Å². The molecular weight excluding hydrogens is 232 g/mol. The summed E-state index contributed by atoms with van der Waals surface area (Å²) in [5.74, 6) is 0. The molecule has 3 heterocycles. The average molecular weight is 252 g/mol. The molecule has 1 fully saturated rings. The topological polar surface area (TPSA) is 38.5 Å². The Kier molecular flexibility index (Phi) is 2.99. The lowest BCUT2D eigenvalue weighted by Gasteiger charge is -2.36. The van der Waals surface area contributed by atoms with E-state index in [1.54, 1.807) is 4.88 Å². The summed E-state index contributed by atoms with van der Waals surface area (Å²) in [5, 5.41) is 2.21. The van der Waals surface area contributed by atoms with E-state index in [4.69, 9.17) is 10.5 Å². The monoisotopic (exact) mass is 252 g/mol. The fourth-order valence-electron chi connectivity index (χ4n) is 2.84. The van der Waals surface area contributed by atoms with Crippen LogP contribution in [0.1, 0.15) is 17.4 Å². The highest BCUT2D eigenvalue weighted by molar-refractivity contribution is 7.10. The number of nitrogens with two attached hydrogens (primary N) is 1. The van der Waals surface area contributed by atoms with Gasteiger partial charge < -0.3 is 10.5 Å². The number of fused-ring (bicyclic) bond motifs is 1. The summed E-state index contributed by atoms with van der Waals surface area (Å²) < 4.78 is 5.52. The van der Waals surface area contributed by atoms with E-state index in [-0.39, 0.29) is 11.5 Å². The summed E-state index contributed by atoms with van der Waals surface area (Å²) in [6.45, 7) is 7.09. The van der Waals surface area contributed by atoms with E-state index in [1.165, 1.54) is 12.0 Å². The van der Waals surface area contributed by atoms with Gasteiger partial charge in [0.1, 0.15) is 0 Å². The van der Waals surface area contributed by atoms with Crippen molar-refractivity contribution < 1.29 is 4.74 Å². The zero-order chi connectivity index (χ0) is 11.9. The van der Waals surface area contributed by atoms with Gasteiger partial charge in [0.25, 0.3) is 0 Å². The second-order valence-electron chi connectivity index (χ2n) is 5.61. The molecule has 1 saturated heterocycles. The van der Waals surface area contributed by atoms with Crippen LogP contribution in [-0.2, 0) is 17.7 Å². The quantitative estimate of drug-likeness (QED) is 0.866. The molecule has 2 aliphatic heterocycles. The molecule has 0 saturated carbocycles. The third-order valence-corrected chi connectivity index (χ3v) is 5.12. The van der Waals surface area contributed by atoms with Crippen molar-refractivity contribution in [1.82, 2.24) is 4.90 Å². The molecule has 0 spiro atoms. The second kappa shape index (κ2) is 4.35. The van der Waals surface area contributed by atoms with Crippen molar-refractivity contribution in [2.45, 2.75) is 25.9 Å². The number of thiophene rings is 1. The Balaban J connectivity index is 1.68. The Morgan fingerprint density at radius 2 is 2.53 bits per heavy atom. The molecule has 94 valence electrons. The molecule has 0 amide bonds. The van der Waals surface area contributed by atoms with Crippen LogP contribution < -0.4 is 5.73 Å². The second-order valence-corrected chi connectivity index (χ2v) is 6.61. The molecule has 2 N–H and O–H groups in total. The van der Waals surface area contributed by atoms with Crippen LogP contribution in [0.2, 0.25) is 0 Å². The summed E-state index contributed by atoms with van der Waals surface area (Å²) in [5.41, 5.74) is 7.80. The van der Waals surface area contributed by atoms with Crippen LogP contribution in [-0.4, -0.2) is 37.2 Å². The largest absolute Gasteiger partial charge is 0.379 e. The van der Waals surface area contributed by atoms with Crippen LogP contribution in [0.15, 0.2) is 11.4 Å². The highest BCUT2D eigenvalue weighted by atomic mass is 32.1. The predicted molar refractivity (Wildman–Crippen MR) is 70.2 cm³/mol. The fourth-order valence-corrected chi connectivity index (χ4v) is 3.73. The molecule has 2 atom stereocenters. The van der Waals surface area contributed by atoms with E-state index in [1.807, 2.05) is 11.3 Å². The van der Waals surface area contributed by atoms with E-state index in [2.05, 4.69) is 23.3 Å². The van der Waals surface area contributed by atoms with Gasteiger partial charge >= 0.3 is 0 Å². The van der Waals surface area contributed by atoms with Gasteiger partial charge in [-0.25, -0.2) is 0 Å². The first kappa shape index (κ1) is 11.7. The van der Waals surface area contributed by atoms with Gasteiger partial charge in [-0.2, -0.15) is 0 Å². The standard InChI is InChI=1S/C13H20N2OS/c1-13(9-16-7-12(13)14)8-15-4-2-11-10(6-15)3-5-17-11/h3,5,12H,2,4,6-9,14H2,1H3. The van der Waals surface area contributed by atoms with E-state index in [0.717, 1.165) is 26.2 Å². The SMILES string of the molecule is CC1(CN2CCc3sccc3C2)COCC1N. The fraction of sp³-hybridized carbons (Fsp3) is 0.692. The smallest absolute Gasteiger partial charge is 0.0624 e. The van der Waals surface area contributed by atoms with Crippen molar-refractivity contribution >= 4 is 11.3 Å². The zero-order valence-corrected chi connectivity index (χ0v) is 11.1. The van der Waals surface area contributed by atoms with Crippen molar-refractivity contribution in [2.75, 3.05) is 26.3 Å². The van der Waals surface area contributed by atoms with E-state index in [9.17, 15) is 0 Å². The number of nitrogens with zero attached hydrogens (tertiary/aromatic N) is 1. The molecule has 0 aliphatic carbocycles. The molecule has 3 rings (SSSR count). The summed E-state index contributed by atoms with van der Waals surface area (Å²) in [6.07, 6.45) is 1.19. The Morgan fingerprint density at radius 1 is 1.65 bits per heavy atom. The van der Waals surface area contributed by atoms with E-state index >= 15 is 0 Å². The third-order valence-electron chi connectivity index (χ3n) is 4.10. The molecule has 0 radical (unpaired) electrons. The summed E-state index contributed by atoms with van der Waals surface area (Å²) >= 11 is 1.89. The molecule has 0 bridgehead atoms. The molecule has 1 aromatic heterocycles. The maximum Gasteiger partial charge on any atom is 0.0624 e. The molecular formula is C13H20N2OS. The van der Waals surface area contributed by atoms with Crippen LogP contribution in [0.4, 0.5) is 0 Å². The molecule has 4 heteroatoms. The van der Waals surface area contributed by atoms with E-state index in [0.29, 0.717) is 6.61 Å². The van der Waals surface area contributed by atoms with Crippen LogP contribution in [0.3, 0.4) is 0 Å². The van der Waals surface area contributed by atoms with Crippen LogP contribution in [0.25, 0.3) is 0 Å². The molecule has 17 heavy (non-hydrogen) atoms. The normalized spacial score (nSPS) is 33.9. The van der Waals surface area contributed by atoms with Gasteiger partial charge in [-0.3, -0.25) is 4.90 Å². The van der Waals surface area contributed by atoms with E-state index < -0.39 is 0 Å². The van der Waals surface area contributed by atoms with Gasteiger partial charge in [-0.1, -0.05) is 6.92 Å². The van der Waals surface area contributed by atoms with Crippen LogP contribution in [0, 0.1) is 5.41 Å². The highest BCUT2D eigenvalue weighted by Crippen LogP contribution is 2.31. The first-order chi connectivity index (χ1) is 8.17. The minimum atomic E-state index is 0.132. The van der Waals surface area contributed by atoms with Crippen LogP contribution >= 0.6 is 11.3 Å². The molecule has 3 nitrogen and oxygen atoms in total. The lowest BCUT2D eigenvalue weighted by Crippen LogP contribution is -2.47. The van der Waals surface area contributed by atoms with Gasteiger partial charge in [0.15, 0.2) is 0 Å².